The lowest BCUT2D eigenvalue weighted by Gasteiger charge is -2.13. The van der Waals surface area contributed by atoms with Crippen molar-refractivity contribution in [2.75, 3.05) is 6.61 Å². The van der Waals surface area contributed by atoms with Crippen LogP contribution in [-0.4, -0.2) is 23.6 Å². The van der Waals surface area contributed by atoms with Crippen molar-refractivity contribution in [3.63, 3.8) is 0 Å². The zero-order valence-electron chi connectivity index (χ0n) is 10.9. The molecule has 0 radical (unpaired) electrons. The van der Waals surface area contributed by atoms with Crippen molar-refractivity contribution in [3.8, 4) is 11.8 Å². The maximum Gasteiger partial charge on any atom is 0.246 e. The summed E-state index contributed by atoms with van der Waals surface area (Å²) in [4.78, 5) is 15.7. The van der Waals surface area contributed by atoms with E-state index in [-0.39, 0.29) is 18.6 Å². The summed E-state index contributed by atoms with van der Waals surface area (Å²) >= 11 is 1.53. The molecule has 1 aromatic heterocycles. The summed E-state index contributed by atoms with van der Waals surface area (Å²) in [7, 11) is 0. The van der Waals surface area contributed by atoms with Crippen LogP contribution in [0.25, 0.3) is 0 Å². The van der Waals surface area contributed by atoms with Crippen LogP contribution in [-0.2, 0) is 16.1 Å². The second-order valence-electron chi connectivity index (χ2n) is 4.42. The van der Waals surface area contributed by atoms with Crippen molar-refractivity contribution in [1.82, 2.24) is 10.3 Å². The minimum absolute atomic E-state index is 0.0741. The summed E-state index contributed by atoms with van der Waals surface area (Å²) in [5.41, 5.74) is 0. The summed E-state index contributed by atoms with van der Waals surface area (Å²) in [6.45, 7) is 0.543. The van der Waals surface area contributed by atoms with Gasteiger partial charge in [-0.15, -0.1) is 17.3 Å². The van der Waals surface area contributed by atoms with Gasteiger partial charge in [0.2, 0.25) is 5.91 Å². The number of nitrogens with zero attached hydrogens (tertiary/aromatic N) is 1. The second kappa shape index (κ2) is 7.93. The number of ether oxygens (including phenoxy) is 1. The van der Waals surface area contributed by atoms with Gasteiger partial charge in [0.1, 0.15) is 17.7 Å². The molecule has 1 aromatic rings. The molecule has 5 heteroatoms. The SMILES string of the molecule is O=C(COC1C#CCCCCC1)NCc1nccs1. The third kappa shape index (κ3) is 5.41. The first-order valence-corrected chi connectivity index (χ1v) is 7.47. The minimum Gasteiger partial charge on any atom is -0.356 e. The Labute approximate surface area is 117 Å². The summed E-state index contributed by atoms with van der Waals surface area (Å²) in [5, 5.41) is 5.58. The van der Waals surface area contributed by atoms with Crippen LogP contribution in [0.5, 0.6) is 0 Å². The lowest BCUT2D eigenvalue weighted by atomic mass is 10.1. The molecule has 0 fully saturated rings. The molecular weight excluding hydrogens is 260 g/mol. The molecule has 1 N–H and O–H groups in total. The van der Waals surface area contributed by atoms with Crippen LogP contribution in [0, 0.1) is 11.8 Å². The first-order chi connectivity index (χ1) is 9.34. The molecule has 0 saturated carbocycles. The van der Waals surface area contributed by atoms with Crippen molar-refractivity contribution in [2.45, 2.75) is 44.8 Å². The van der Waals surface area contributed by atoms with Crippen molar-refractivity contribution < 1.29 is 9.53 Å². The Balaban J connectivity index is 1.67. The topological polar surface area (TPSA) is 51.2 Å². The quantitative estimate of drug-likeness (QED) is 0.839. The van der Waals surface area contributed by atoms with E-state index in [4.69, 9.17) is 4.74 Å². The standard InChI is InChI=1S/C14H18N2O2S/c17-13(16-10-14-15-8-9-19-14)11-18-12-6-4-2-1-3-5-7-12/h8-9,12H,1-4,6,10-11H2,(H,16,17). The van der Waals surface area contributed by atoms with E-state index in [9.17, 15) is 4.79 Å². The third-order valence-corrected chi connectivity index (χ3v) is 3.65. The molecule has 0 aromatic carbocycles. The largest absolute Gasteiger partial charge is 0.356 e. The van der Waals surface area contributed by atoms with Crippen LogP contribution in [0.2, 0.25) is 0 Å². The first kappa shape index (κ1) is 14.0. The fourth-order valence-corrected chi connectivity index (χ4v) is 2.40. The van der Waals surface area contributed by atoms with E-state index < -0.39 is 0 Å². The van der Waals surface area contributed by atoms with Crippen molar-refractivity contribution in [3.05, 3.63) is 16.6 Å². The molecule has 1 heterocycles. The number of rotatable bonds is 5. The van der Waals surface area contributed by atoms with E-state index in [1.54, 1.807) is 6.20 Å². The number of hydrogen-bond acceptors (Lipinski definition) is 4. The second-order valence-corrected chi connectivity index (χ2v) is 5.40. The minimum atomic E-state index is -0.112. The van der Waals surface area contributed by atoms with Gasteiger partial charge >= 0.3 is 0 Å². The lowest BCUT2D eigenvalue weighted by Crippen LogP contribution is -2.29. The lowest BCUT2D eigenvalue weighted by molar-refractivity contribution is -0.127. The summed E-state index contributed by atoms with van der Waals surface area (Å²) in [6, 6.07) is 0. The number of carbonyl (C=O) groups is 1. The van der Waals surface area contributed by atoms with E-state index >= 15 is 0 Å². The van der Waals surface area contributed by atoms with Crippen LogP contribution < -0.4 is 5.32 Å². The Kier molecular flexibility index (Phi) is 5.86. The van der Waals surface area contributed by atoms with E-state index in [0.29, 0.717) is 6.54 Å². The zero-order valence-corrected chi connectivity index (χ0v) is 11.7. The Morgan fingerprint density at radius 3 is 3.32 bits per heavy atom. The Hall–Kier alpha value is -1.38. The van der Waals surface area contributed by atoms with E-state index in [0.717, 1.165) is 24.3 Å². The smallest absolute Gasteiger partial charge is 0.246 e. The van der Waals surface area contributed by atoms with E-state index in [1.807, 2.05) is 5.38 Å². The van der Waals surface area contributed by atoms with Crippen LogP contribution in [0.4, 0.5) is 0 Å². The average Bonchev–Trinajstić information content (AvgIpc) is 2.88. The predicted octanol–water partition coefficient (Wildman–Crippen LogP) is 2.11. The van der Waals surface area contributed by atoms with E-state index in [1.165, 1.54) is 24.2 Å². The van der Waals surface area contributed by atoms with E-state index in [2.05, 4.69) is 22.1 Å². The molecular formula is C14H18N2O2S. The molecule has 1 aliphatic carbocycles. The van der Waals surface area contributed by atoms with Crippen LogP contribution >= 0.6 is 11.3 Å². The zero-order chi connectivity index (χ0) is 13.3. The summed E-state index contributed by atoms with van der Waals surface area (Å²) < 4.78 is 5.55. The van der Waals surface area contributed by atoms with Gasteiger partial charge in [0, 0.05) is 18.0 Å². The van der Waals surface area contributed by atoms with Crippen molar-refractivity contribution in [1.29, 1.82) is 0 Å². The normalized spacial score (nSPS) is 18.8. The molecule has 102 valence electrons. The van der Waals surface area contributed by atoms with Gasteiger partial charge in [0.25, 0.3) is 0 Å². The Bertz CT molecular complexity index is 448. The molecule has 0 saturated heterocycles. The maximum absolute atomic E-state index is 11.6. The van der Waals surface area contributed by atoms with Gasteiger partial charge in [-0.3, -0.25) is 4.79 Å². The molecule has 2 rings (SSSR count). The number of hydrogen-bond donors (Lipinski definition) is 1. The maximum atomic E-state index is 11.6. The number of nitrogens with one attached hydrogen (secondary N) is 1. The van der Waals surface area contributed by atoms with Gasteiger partial charge in [-0.05, 0) is 19.3 Å². The fourth-order valence-electron chi connectivity index (χ4n) is 1.84. The highest BCUT2D eigenvalue weighted by molar-refractivity contribution is 7.09. The van der Waals surface area contributed by atoms with Gasteiger partial charge in [-0.25, -0.2) is 4.98 Å². The Morgan fingerprint density at radius 1 is 1.53 bits per heavy atom. The first-order valence-electron chi connectivity index (χ1n) is 6.59. The molecule has 0 bridgehead atoms. The molecule has 19 heavy (non-hydrogen) atoms. The van der Waals surface area contributed by atoms with Crippen molar-refractivity contribution in [2.24, 2.45) is 0 Å². The fraction of sp³-hybridized carbons (Fsp3) is 0.571. The third-order valence-electron chi connectivity index (χ3n) is 2.87. The highest BCUT2D eigenvalue weighted by Crippen LogP contribution is 2.10. The number of carbonyl (C=O) groups excluding carboxylic acids is 1. The van der Waals surface area contributed by atoms with Crippen LogP contribution in [0.15, 0.2) is 11.6 Å². The number of aromatic nitrogens is 1. The van der Waals surface area contributed by atoms with Crippen LogP contribution in [0.3, 0.4) is 0 Å². The molecule has 1 amide bonds. The monoisotopic (exact) mass is 278 g/mol. The van der Waals surface area contributed by atoms with Gasteiger partial charge < -0.3 is 10.1 Å². The summed E-state index contributed by atoms with van der Waals surface area (Å²) in [5.74, 6) is 6.07. The molecule has 0 spiro atoms. The number of thiazole rings is 1. The molecule has 4 nitrogen and oxygen atoms in total. The van der Waals surface area contributed by atoms with Crippen molar-refractivity contribution >= 4 is 17.2 Å². The average molecular weight is 278 g/mol. The highest BCUT2D eigenvalue weighted by atomic mass is 32.1. The van der Waals surface area contributed by atoms with Gasteiger partial charge in [0.05, 0.1) is 6.54 Å². The molecule has 1 aliphatic rings. The highest BCUT2D eigenvalue weighted by Gasteiger charge is 2.10. The van der Waals surface area contributed by atoms with Gasteiger partial charge in [-0.1, -0.05) is 12.3 Å². The predicted molar refractivity (Wildman–Crippen MR) is 74.6 cm³/mol. The summed E-state index contributed by atoms with van der Waals surface area (Å²) in [6.07, 6.45) is 7.00. The van der Waals surface area contributed by atoms with Crippen LogP contribution in [0.1, 0.15) is 37.1 Å². The van der Waals surface area contributed by atoms with Gasteiger partial charge in [0.15, 0.2) is 0 Å². The number of amides is 1. The molecule has 1 atom stereocenters. The molecule has 1 unspecified atom stereocenters. The molecule has 0 aliphatic heterocycles. The van der Waals surface area contributed by atoms with Gasteiger partial charge in [-0.2, -0.15) is 0 Å². The Morgan fingerprint density at radius 2 is 2.47 bits per heavy atom.